The van der Waals surface area contributed by atoms with Crippen LogP contribution in [0.25, 0.3) is 0 Å². The van der Waals surface area contributed by atoms with E-state index in [9.17, 15) is 0 Å². The molecule has 2 aromatic carbocycles. The lowest BCUT2D eigenvalue weighted by atomic mass is 10.1. The lowest BCUT2D eigenvalue weighted by molar-refractivity contribution is 0.876. The fraction of sp³-hybridized carbons (Fsp3) is 0.294. The summed E-state index contributed by atoms with van der Waals surface area (Å²) in [7, 11) is 2.10. The molecule has 2 nitrogen and oxygen atoms in total. The van der Waals surface area contributed by atoms with E-state index >= 15 is 0 Å². The molecule has 0 atom stereocenters. The lowest BCUT2D eigenvalue weighted by Gasteiger charge is -2.21. The first-order valence-electron chi connectivity index (χ1n) is 6.69. The summed E-state index contributed by atoms with van der Waals surface area (Å²) in [5, 5.41) is 0. The fourth-order valence-electron chi connectivity index (χ4n) is 2.27. The van der Waals surface area contributed by atoms with Gasteiger partial charge in [-0.05, 0) is 43.5 Å². The normalized spacial score (nSPS) is 10.5. The van der Waals surface area contributed by atoms with Crippen molar-refractivity contribution in [3.05, 3.63) is 59.2 Å². The monoisotopic (exact) mass is 254 g/mol. The fourth-order valence-corrected chi connectivity index (χ4v) is 2.27. The van der Waals surface area contributed by atoms with E-state index in [0.717, 1.165) is 24.3 Å². The Morgan fingerprint density at radius 2 is 1.74 bits per heavy atom. The Morgan fingerprint density at radius 1 is 1.00 bits per heavy atom. The van der Waals surface area contributed by atoms with Crippen LogP contribution in [0.5, 0.6) is 0 Å². The highest BCUT2D eigenvalue weighted by atomic mass is 15.1. The molecule has 0 aliphatic carbocycles. The van der Waals surface area contributed by atoms with Crippen molar-refractivity contribution in [2.75, 3.05) is 24.2 Å². The summed E-state index contributed by atoms with van der Waals surface area (Å²) in [5.74, 6) is 0. The molecule has 0 aliphatic heterocycles. The summed E-state index contributed by atoms with van der Waals surface area (Å²) in [5.41, 5.74) is 11.9. The van der Waals surface area contributed by atoms with E-state index in [4.69, 9.17) is 5.73 Å². The Bertz CT molecular complexity index is 561. The van der Waals surface area contributed by atoms with E-state index in [-0.39, 0.29) is 0 Å². The highest BCUT2D eigenvalue weighted by Gasteiger charge is 2.05. The minimum atomic E-state index is 0.845. The molecule has 0 radical (unpaired) electrons. The number of aryl methyl sites for hydroxylation is 2. The van der Waals surface area contributed by atoms with Crippen LogP contribution in [0.15, 0.2) is 42.5 Å². The SMILES string of the molecule is Cc1cccc(CCN(C)c2cc(C)ccc2N)c1. The van der Waals surface area contributed by atoms with Gasteiger partial charge >= 0.3 is 0 Å². The minimum absolute atomic E-state index is 0.845. The molecule has 2 N–H and O–H groups in total. The van der Waals surface area contributed by atoms with E-state index in [1.54, 1.807) is 0 Å². The van der Waals surface area contributed by atoms with Crippen molar-refractivity contribution >= 4 is 11.4 Å². The van der Waals surface area contributed by atoms with Gasteiger partial charge in [0.05, 0.1) is 11.4 Å². The second kappa shape index (κ2) is 5.79. The van der Waals surface area contributed by atoms with E-state index < -0.39 is 0 Å². The molecule has 0 fully saturated rings. The highest BCUT2D eigenvalue weighted by Crippen LogP contribution is 2.23. The van der Waals surface area contributed by atoms with Crippen molar-refractivity contribution in [2.24, 2.45) is 0 Å². The van der Waals surface area contributed by atoms with Crippen LogP contribution in [0, 0.1) is 13.8 Å². The van der Waals surface area contributed by atoms with Gasteiger partial charge in [0.25, 0.3) is 0 Å². The van der Waals surface area contributed by atoms with Crippen LogP contribution >= 0.6 is 0 Å². The lowest BCUT2D eigenvalue weighted by Crippen LogP contribution is -2.21. The van der Waals surface area contributed by atoms with Crippen molar-refractivity contribution in [3.63, 3.8) is 0 Å². The largest absolute Gasteiger partial charge is 0.397 e. The zero-order valence-corrected chi connectivity index (χ0v) is 12.0. The average Bonchev–Trinajstić information content (AvgIpc) is 2.39. The van der Waals surface area contributed by atoms with Crippen LogP contribution in [-0.2, 0) is 6.42 Å². The summed E-state index contributed by atoms with van der Waals surface area (Å²) in [4.78, 5) is 2.23. The Balaban J connectivity index is 2.05. The highest BCUT2D eigenvalue weighted by molar-refractivity contribution is 5.68. The van der Waals surface area contributed by atoms with Crippen LogP contribution in [0.2, 0.25) is 0 Å². The number of nitrogens with two attached hydrogens (primary N) is 1. The number of anilines is 2. The van der Waals surface area contributed by atoms with Crippen molar-refractivity contribution in [1.82, 2.24) is 0 Å². The van der Waals surface area contributed by atoms with Gasteiger partial charge in [0, 0.05) is 13.6 Å². The quantitative estimate of drug-likeness (QED) is 0.845. The summed E-state index contributed by atoms with van der Waals surface area (Å²) in [6.45, 7) is 5.19. The van der Waals surface area contributed by atoms with Crippen LogP contribution in [0.3, 0.4) is 0 Å². The molecule has 0 spiro atoms. The van der Waals surface area contributed by atoms with E-state index in [1.807, 2.05) is 12.1 Å². The predicted molar refractivity (Wildman–Crippen MR) is 83.7 cm³/mol. The molecular weight excluding hydrogens is 232 g/mol. The van der Waals surface area contributed by atoms with Gasteiger partial charge in [-0.3, -0.25) is 0 Å². The molecule has 2 aromatic rings. The second-order valence-electron chi connectivity index (χ2n) is 5.22. The Kier molecular flexibility index (Phi) is 4.10. The molecule has 0 aromatic heterocycles. The third kappa shape index (κ3) is 3.50. The molecule has 0 saturated heterocycles. The third-order valence-corrected chi connectivity index (χ3v) is 3.42. The molecule has 19 heavy (non-hydrogen) atoms. The Hall–Kier alpha value is -1.96. The molecule has 0 amide bonds. The Morgan fingerprint density at radius 3 is 2.47 bits per heavy atom. The standard InChI is InChI=1S/C17H22N2/c1-13-5-4-6-15(11-13)9-10-19(3)17-12-14(2)7-8-16(17)18/h4-8,11-12H,9-10,18H2,1-3H3. The number of nitrogens with zero attached hydrogens (tertiary/aromatic N) is 1. The van der Waals surface area contributed by atoms with Gasteiger partial charge in [-0.1, -0.05) is 35.9 Å². The van der Waals surface area contributed by atoms with E-state index in [2.05, 4.69) is 56.1 Å². The zero-order chi connectivity index (χ0) is 13.8. The van der Waals surface area contributed by atoms with Gasteiger partial charge in [0.1, 0.15) is 0 Å². The maximum atomic E-state index is 6.04. The van der Waals surface area contributed by atoms with Crippen LogP contribution in [0.4, 0.5) is 11.4 Å². The van der Waals surface area contributed by atoms with Gasteiger partial charge in [0.2, 0.25) is 0 Å². The van der Waals surface area contributed by atoms with Gasteiger partial charge in [-0.15, -0.1) is 0 Å². The first kappa shape index (κ1) is 13.5. The molecule has 0 aliphatic rings. The van der Waals surface area contributed by atoms with Gasteiger partial charge in [-0.2, -0.15) is 0 Å². The maximum absolute atomic E-state index is 6.04. The number of rotatable bonds is 4. The predicted octanol–water partition coefficient (Wildman–Crippen LogP) is 3.56. The second-order valence-corrected chi connectivity index (χ2v) is 5.22. The zero-order valence-electron chi connectivity index (χ0n) is 12.0. The summed E-state index contributed by atoms with van der Waals surface area (Å²) in [6, 6.07) is 14.8. The van der Waals surface area contributed by atoms with Gasteiger partial charge in [0.15, 0.2) is 0 Å². The molecule has 2 rings (SSSR count). The number of hydrogen-bond donors (Lipinski definition) is 1. The van der Waals surface area contributed by atoms with Crippen molar-refractivity contribution in [3.8, 4) is 0 Å². The van der Waals surface area contributed by atoms with E-state index in [0.29, 0.717) is 0 Å². The number of hydrogen-bond acceptors (Lipinski definition) is 2. The molecule has 100 valence electrons. The van der Waals surface area contributed by atoms with Crippen molar-refractivity contribution in [2.45, 2.75) is 20.3 Å². The summed E-state index contributed by atoms with van der Waals surface area (Å²) < 4.78 is 0. The summed E-state index contributed by atoms with van der Waals surface area (Å²) >= 11 is 0. The van der Waals surface area contributed by atoms with Crippen LogP contribution in [-0.4, -0.2) is 13.6 Å². The first-order valence-corrected chi connectivity index (χ1v) is 6.69. The van der Waals surface area contributed by atoms with Crippen LogP contribution < -0.4 is 10.6 Å². The molecule has 0 heterocycles. The summed E-state index contributed by atoms with van der Waals surface area (Å²) in [6.07, 6.45) is 1.03. The number of nitrogen functional groups attached to an aromatic ring is 1. The minimum Gasteiger partial charge on any atom is -0.397 e. The molecular formula is C17H22N2. The number of likely N-dealkylation sites (N-methyl/N-ethyl adjacent to an activating group) is 1. The smallest absolute Gasteiger partial charge is 0.0600 e. The van der Waals surface area contributed by atoms with Crippen LogP contribution in [0.1, 0.15) is 16.7 Å². The third-order valence-electron chi connectivity index (χ3n) is 3.42. The molecule has 0 unspecified atom stereocenters. The molecule has 0 bridgehead atoms. The van der Waals surface area contributed by atoms with Gasteiger partial charge in [-0.25, -0.2) is 0 Å². The van der Waals surface area contributed by atoms with E-state index in [1.165, 1.54) is 16.7 Å². The average molecular weight is 254 g/mol. The molecule has 0 saturated carbocycles. The van der Waals surface area contributed by atoms with Gasteiger partial charge < -0.3 is 10.6 Å². The Labute approximate surface area is 115 Å². The maximum Gasteiger partial charge on any atom is 0.0600 e. The first-order chi connectivity index (χ1) is 9.06. The van der Waals surface area contributed by atoms with Crippen molar-refractivity contribution < 1.29 is 0 Å². The number of benzene rings is 2. The topological polar surface area (TPSA) is 29.3 Å². The molecule has 2 heteroatoms. The van der Waals surface area contributed by atoms with Crippen molar-refractivity contribution in [1.29, 1.82) is 0 Å².